The van der Waals surface area contributed by atoms with Crippen molar-refractivity contribution in [3.8, 4) is 11.8 Å². The summed E-state index contributed by atoms with van der Waals surface area (Å²) in [6.07, 6.45) is 4.96. The molecule has 33 heavy (non-hydrogen) atoms. The Labute approximate surface area is 199 Å². The fourth-order valence-corrected chi connectivity index (χ4v) is 4.38. The summed E-state index contributed by atoms with van der Waals surface area (Å²) in [7, 11) is 0. The van der Waals surface area contributed by atoms with E-state index < -0.39 is 0 Å². The summed E-state index contributed by atoms with van der Waals surface area (Å²) in [5, 5.41) is 0. The van der Waals surface area contributed by atoms with Crippen LogP contribution in [0.25, 0.3) is 0 Å². The molecule has 168 valence electrons. The smallest absolute Gasteiger partial charge is 0.316 e. The van der Waals surface area contributed by atoms with E-state index in [4.69, 9.17) is 9.47 Å². The zero-order valence-electron chi connectivity index (χ0n) is 17.9. The topological polar surface area (TPSA) is 81.6 Å². The van der Waals surface area contributed by atoms with Gasteiger partial charge < -0.3 is 14.4 Å². The Balaban J connectivity index is 1.22. The van der Waals surface area contributed by atoms with Gasteiger partial charge in [-0.2, -0.15) is 0 Å². The second-order valence-corrected chi connectivity index (χ2v) is 9.08. The lowest BCUT2D eigenvalue weighted by molar-refractivity contribution is -0.132. The van der Waals surface area contributed by atoms with Gasteiger partial charge in [-0.05, 0) is 33.6 Å². The van der Waals surface area contributed by atoms with Gasteiger partial charge in [0.1, 0.15) is 18.5 Å². The summed E-state index contributed by atoms with van der Waals surface area (Å²) in [5.41, 5.74) is 2.83. The van der Waals surface area contributed by atoms with Crippen LogP contribution in [0.2, 0.25) is 0 Å². The molecule has 0 radical (unpaired) electrons. The van der Waals surface area contributed by atoms with Gasteiger partial charge in [-0.25, -0.2) is 9.97 Å². The van der Waals surface area contributed by atoms with Crippen LogP contribution < -0.4 is 9.47 Å². The van der Waals surface area contributed by atoms with Gasteiger partial charge in [-0.3, -0.25) is 9.59 Å². The third kappa shape index (κ3) is 4.75. The van der Waals surface area contributed by atoms with Crippen LogP contribution in [-0.4, -0.2) is 45.8 Å². The number of ether oxygens (including phenoxy) is 2. The average molecular weight is 508 g/mol. The fourth-order valence-electron chi connectivity index (χ4n) is 4.18. The number of hydrogen-bond donors (Lipinski definition) is 0. The number of carbonyl (C=O) groups is 2. The van der Waals surface area contributed by atoms with Crippen LogP contribution in [0.15, 0.2) is 59.3 Å². The summed E-state index contributed by atoms with van der Waals surface area (Å²) < 4.78 is 12.5. The third-order valence-corrected chi connectivity index (χ3v) is 6.36. The van der Waals surface area contributed by atoms with Crippen LogP contribution in [0, 0.1) is 0 Å². The van der Waals surface area contributed by atoms with Crippen LogP contribution in [0.1, 0.15) is 39.9 Å². The summed E-state index contributed by atoms with van der Waals surface area (Å²) in [6, 6.07) is 13.3. The summed E-state index contributed by atoms with van der Waals surface area (Å²) in [6.45, 7) is 1.58. The lowest BCUT2D eigenvalue weighted by Crippen LogP contribution is -2.42. The zero-order chi connectivity index (χ0) is 22.8. The largest absolute Gasteiger partial charge is 0.488 e. The Hall–Kier alpha value is -3.26. The van der Waals surface area contributed by atoms with E-state index >= 15 is 0 Å². The minimum atomic E-state index is -0.0690. The van der Waals surface area contributed by atoms with Crippen molar-refractivity contribution >= 4 is 27.6 Å². The quantitative estimate of drug-likeness (QED) is 0.531. The van der Waals surface area contributed by atoms with E-state index in [1.165, 1.54) is 0 Å². The second-order valence-electron chi connectivity index (χ2n) is 8.16. The molecule has 0 bridgehead atoms. The van der Waals surface area contributed by atoms with E-state index in [1.807, 2.05) is 35.2 Å². The SMILES string of the molecule is O=C1c2ccccc2COc2ccc(CC(=O)N3CCC(Oc4ncc(Br)cn4)CC3)cc21. The van der Waals surface area contributed by atoms with Crippen LogP contribution >= 0.6 is 15.9 Å². The van der Waals surface area contributed by atoms with E-state index in [0.717, 1.165) is 28.4 Å². The van der Waals surface area contributed by atoms with Crippen molar-refractivity contribution in [3.63, 3.8) is 0 Å². The number of amides is 1. The molecular formula is C25H22BrN3O4. The Kier molecular flexibility index (Phi) is 6.09. The van der Waals surface area contributed by atoms with Crippen molar-refractivity contribution in [1.82, 2.24) is 14.9 Å². The number of nitrogens with zero attached hydrogens (tertiary/aromatic N) is 3. The van der Waals surface area contributed by atoms with Crippen molar-refractivity contribution in [2.24, 2.45) is 0 Å². The zero-order valence-corrected chi connectivity index (χ0v) is 19.5. The third-order valence-electron chi connectivity index (χ3n) is 5.95. The number of likely N-dealkylation sites (tertiary alicyclic amines) is 1. The van der Waals surface area contributed by atoms with E-state index in [-0.39, 0.29) is 24.2 Å². The van der Waals surface area contributed by atoms with Crippen LogP contribution in [0.5, 0.6) is 11.8 Å². The van der Waals surface area contributed by atoms with Crippen molar-refractivity contribution in [2.45, 2.75) is 32.0 Å². The molecule has 0 saturated carbocycles. The van der Waals surface area contributed by atoms with E-state index in [0.29, 0.717) is 42.6 Å². The normalized spacial score (nSPS) is 15.8. The predicted octanol–water partition coefficient (Wildman–Crippen LogP) is 3.98. The predicted molar refractivity (Wildman–Crippen MR) is 124 cm³/mol. The first-order chi connectivity index (χ1) is 16.1. The van der Waals surface area contributed by atoms with Crippen molar-refractivity contribution < 1.29 is 19.1 Å². The van der Waals surface area contributed by atoms with Crippen LogP contribution in [0.4, 0.5) is 0 Å². The number of benzene rings is 2. The fraction of sp³-hybridized carbons (Fsp3) is 0.280. The molecule has 2 aliphatic heterocycles. The van der Waals surface area contributed by atoms with Gasteiger partial charge in [-0.1, -0.05) is 30.3 Å². The van der Waals surface area contributed by atoms with Crippen molar-refractivity contribution in [2.75, 3.05) is 13.1 Å². The Morgan fingerprint density at radius 3 is 2.64 bits per heavy atom. The highest BCUT2D eigenvalue weighted by Gasteiger charge is 2.26. The Morgan fingerprint density at radius 2 is 1.85 bits per heavy atom. The van der Waals surface area contributed by atoms with Gasteiger partial charge in [0.25, 0.3) is 0 Å². The number of carbonyl (C=O) groups excluding carboxylic acids is 2. The van der Waals surface area contributed by atoms with E-state index in [2.05, 4.69) is 25.9 Å². The van der Waals surface area contributed by atoms with Gasteiger partial charge in [0, 0.05) is 49.5 Å². The lowest BCUT2D eigenvalue weighted by atomic mass is 9.97. The summed E-state index contributed by atoms with van der Waals surface area (Å²) >= 11 is 3.31. The van der Waals surface area contributed by atoms with Gasteiger partial charge >= 0.3 is 6.01 Å². The molecule has 8 heteroatoms. The number of hydrogen-bond acceptors (Lipinski definition) is 6. The highest BCUT2D eigenvalue weighted by molar-refractivity contribution is 9.10. The first-order valence-corrected chi connectivity index (χ1v) is 11.7. The van der Waals surface area contributed by atoms with Crippen molar-refractivity contribution in [3.05, 3.63) is 81.6 Å². The highest BCUT2D eigenvalue weighted by Crippen LogP contribution is 2.29. The molecule has 3 aromatic rings. The number of halogens is 1. The number of ketones is 1. The molecule has 3 heterocycles. The second kappa shape index (κ2) is 9.31. The molecule has 0 aliphatic carbocycles. The molecule has 7 nitrogen and oxygen atoms in total. The highest BCUT2D eigenvalue weighted by atomic mass is 79.9. The molecule has 0 N–H and O–H groups in total. The molecule has 1 fully saturated rings. The molecule has 2 aliphatic rings. The summed E-state index contributed by atoms with van der Waals surface area (Å²) in [4.78, 5) is 36.1. The average Bonchev–Trinajstić information content (AvgIpc) is 2.98. The number of rotatable bonds is 4. The van der Waals surface area contributed by atoms with Crippen LogP contribution in [0.3, 0.4) is 0 Å². The number of fused-ring (bicyclic) bond motifs is 2. The minimum absolute atomic E-state index is 0.0161. The van der Waals surface area contributed by atoms with Gasteiger partial charge in [0.05, 0.1) is 16.5 Å². The maximum absolute atomic E-state index is 13.1. The number of piperidine rings is 1. The monoisotopic (exact) mass is 507 g/mol. The van der Waals surface area contributed by atoms with Gasteiger partial charge in [0.2, 0.25) is 5.91 Å². The minimum Gasteiger partial charge on any atom is -0.488 e. The molecule has 1 aromatic heterocycles. The Bertz CT molecular complexity index is 1190. The van der Waals surface area contributed by atoms with Gasteiger partial charge in [-0.15, -0.1) is 0 Å². The van der Waals surface area contributed by atoms with Crippen LogP contribution in [-0.2, 0) is 17.8 Å². The van der Waals surface area contributed by atoms with E-state index in [9.17, 15) is 9.59 Å². The summed E-state index contributed by atoms with van der Waals surface area (Å²) in [5.74, 6) is 0.525. The molecular weight excluding hydrogens is 486 g/mol. The molecule has 2 aromatic carbocycles. The maximum atomic E-state index is 13.1. The molecule has 1 saturated heterocycles. The lowest BCUT2D eigenvalue weighted by Gasteiger charge is -2.31. The number of aromatic nitrogens is 2. The maximum Gasteiger partial charge on any atom is 0.316 e. The van der Waals surface area contributed by atoms with E-state index in [1.54, 1.807) is 24.5 Å². The standard InChI is InChI=1S/C25H22BrN3O4/c26-18-13-27-25(28-14-18)33-19-7-9-29(10-8-19)23(30)12-16-5-6-22-21(11-16)24(31)20-4-2-1-3-17(20)15-32-22/h1-6,11,13-14,19H,7-10,12,15H2. The molecule has 0 atom stereocenters. The molecule has 1 amide bonds. The first-order valence-electron chi connectivity index (χ1n) is 10.9. The van der Waals surface area contributed by atoms with Gasteiger partial charge in [0.15, 0.2) is 5.78 Å². The Morgan fingerprint density at radius 1 is 1.09 bits per heavy atom. The molecule has 0 spiro atoms. The first kappa shape index (κ1) is 21.6. The molecule has 5 rings (SSSR count). The van der Waals surface area contributed by atoms with Crippen molar-refractivity contribution in [1.29, 1.82) is 0 Å². The molecule has 0 unspecified atom stereocenters.